The van der Waals surface area contributed by atoms with Gasteiger partial charge in [-0.15, -0.1) is 0 Å². The number of nitrogens with one attached hydrogen (secondary N) is 1. The molecule has 2 heterocycles. The van der Waals surface area contributed by atoms with Crippen molar-refractivity contribution in [2.24, 2.45) is 13.0 Å². The van der Waals surface area contributed by atoms with E-state index in [0.29, 0.717) is 6.04 Å². The molecule has 0 bridgehead atoms. The van der Waals surface area contributed by atoms with Crippen molar-refractivity contribution >= 4 is 5.69 Å². The van der Waals surface area contributed by atoms with Crippen molar-refractivity contribution in [3.63, 3.8) is 0 Å². The summed E-state index contributed by atoms with van der Waals surface area (Å²) >= 11 is 0. The van der Waals surface area contributed by atoms with Gasteiger partial charge in [-0.05, 0) is 38.8 Å². The third-order valence-electron chi connectivity index (χ3n) is 3.80. The number of rotatable bonds is 4. The molecule has 0 amide bonds. The lowest BCUT2D eigenvalue weighted by molar-refractivity contribution is 0.172. The Morgan fingerprint density at radius 3 is 3.06 bits per heavy atom. The summed E-state index contributed by atoms with van der Waals surface area (Å²) in [5.41, 5.74) is 1.13. The summed E-state index contributed by atoms with van der Waals surface area (Å²) in [5, 5.41) is 7.76. The van der Waals surface area contributed by atoms with E-state index in [0.717, 1.165) is 11.6 Å². The van der Waals surface area contributed by atoms with Gasteiger partial charge in [-0.3, -0.25) is 4.68 Å². The summed E-state index contributed by atoms with van der Waals surface area (Å²) in [7, 11) is 1.95. The maximum absolute atomic E-state index is 4.19. The van der Waals surface area contributed by atoms with E-state index in [1.807, 2.05) is 24.1 Å². The Labute approximate surface area is 104 Å². The van der Waals surface area contributed by atoms with Crippen LogP contribution in [0.3, 0.4) is 0 Å². The summed E-state index contributed by atoms with van der Waals surface area (Å²) < 4.78 is 1.84. The Kier molecular flexibility index (Phi) is 4.05. The van der Waals surface area contributed by atoms with Gasteiger partial charge in [-0.1, -0.05) is 6.92 Å². The lowest BCUT2D eigenvalue weighted by atomic mass is 9.91. The van der Waals surface area contributed by atoms with Gasteiger partial charge in [-0.2, -0.15) is 5.10 Å². The van der Waals surface area contributed by atoms with E-state index in [2.05, 4.69) is 29.2 Å². The first kappa shape index (κ1) is 12.4. The van der Waals surface area contributed by atoms with Gasteiger partial charge < -0.3 is 10.2 Å². The number of aromatic nitrogens is 2. The van der Waals surface area contributed by atoms with Crippen molar-refractivity contribution in [2.75, 3.05) is 25.0 Å². The zero-order valence-electron chi connectivity index (χ0n) is 11.2. The number of hydrogen-bond acceptors (Lipinski definition) is 3. The number of aryl methyl sites for hydroxylation is 1. The summed E-state index contributed by atoms with van der Waals surface area (Å²) in [4.78, 5) is 2.55. The first-order valence-electron chi connectivity index (χ1n) is 6.66. The monoisotopic (exact) mass is 236 g/mol. The van der Waals surface area contributed by atoms with Gasteiger partial charge in [0.25, 0.3) is 0 Å². The highest BCUT2D eigenvalue weighted by Gasteiger charge is 2.23. The van der Waals surface area contributed by atoms with Crippen molar-refractivity contribution in [1.82, 2.24) is 14.7 Å². The molecule has 0 aliphatic carbocycles. The molecule has 17 heavy (non-hydrogen) atoms. The smallest absolute Gasteiger partial charge is 0.0728 e. The molecule has 2 rings (SSSR count). The Bertz CT molecular complexity index is 347. The summed E-state index contributed by atoms with van der Waals surface area (Å²) in [6.45, 7) is 8.21. The molecule has 1 N–H and O–H groups in total. The first-order valence-corrected chi connectivity index (χ1v) is 6.66. The molecule has 1 aromatic heterocycles. The van der Waals surface area contributed by atoms with E-state index in [9.17, 15) is 0 Å². The number of hydrogen-bond donors (Lipinski definition) is 1. The minimum Gasteiger partial charge on any atom is -0.380 e. The van der Waals surface area contributed by atoms with E-state index in [-0.39, 0.29) is 0 Å². The Hall–Kier alpha value is -1.03. The topological polar surface area (TPSA) is 33.1 Å². The maximum Gasteiger partial charge on any atom is 0.0728 e. The minimum absolute atomic E-state index is 0.522. The van der Waals surface area contributed by atoms with Gasteiger partial charge in [0.2, 0.25) is 0 Å². The second-order valence-electron chi connectivity index (χ2n) is 5.13. The van der Waals surface area contributed by atoms with Crippen molar-refractivity contribution in [1.29, 1.82) is 0 Å². The predicted octanol–water partition coefficient (Wildman–Crippen LogP) is 1.95. The van der Waals surface area contributed by atoms with E-state index in [4.69, 9.17) is 0 Å². The first-order chi connectivity index (χ1) is 8.19. The molecule has 0 aromatic carbocycles. The van der Waals surface area contributed by atoms with Crippen LogP contribution in [0.2, 0.25) is 0 Å². The average molecular weight is 236 g/mol. The fraction of sp³-hybridized carbons (Fsp3) is 0.769. The number of anilines is 1. The van der Waals surface area contributed by atoms with Crippen molar-refractivity contribution in [3.8, 4) is 0 Å². The van der Waals surface area contributed by atoms with E-state index >= 15 is 0 Å². The molecule has 0 saturated carbocycles. The highest BCUT2D eigenvalue weighted by molar-refractivity contribution is 5.39. The highest BCUT2D eigenvalue weighted by Crippen LogP contribution is 2.21. The summed E-state index contributed by atoms with van der Waals surface area (Å²) in [6, 6.07) is 0.522. The maximum atomic E-state index is 4.19. The molecule has 1 aromatic rings. The van der Waals surface area contributed by atoms with Crippen LogP contribution in [0.25, 0.3) is 0 Å². The van der Waals surface area contributed by atoms with Crippen LogP contribution in [-0.4, -0.2) is 40.4 Å². The molecule has 1 saturated heterocycles. The van der Waals surface area contributed by atoms with E-state index in [1.54, 1.807) is 0 Å². The minimum atomic E-state index is 0.522. The Morgan fingerprint density at radius 2 is 2.41 bits per heavy atom. The Balaban J connectivity index is 1.88. The van der Waals surface area contributed by atoms with Crippen LogP contribution >= 0.6 is 0 Å². The summed E-state index contributed by atoms with van der Waals surface area (Å²) in [6.07, 6.45) is 6.61. The van der Waals surface area contributed by atoms with Crippen molar-refractivity contribution in [2.45, 2.75) is 32.7 Å². The van der Waals surface area contributed by atoms with Crippen LogP contribution in [0.1, 0.15) is 26.7 Å². The van der Waals surface area contributed by atoms with Gasteiger partial charge in [0.05, 0.1) is 11.9 Å². The molecule has 1 aliphatic rings. The molecule has 2 atom stereocenters. The molecule has 4 heteroatoms. The Morgan fingerprint density at radius 1 is 1.59 bits per heavy atom. The second-order valence-corrected chi connectivity index (χ2v) is 5.13. The molecule has 1 aliphatic heterocycles. The highest BCUT2D eigenvalue weighted by atomic mass is 15.3. The predicted molar refractivity (Wildman–Crippen MR) is 71.1 cm³/mol. The molecule has 0 radical (unpaired) electrons. The normalized spacial score (nSPS) is 23.6. The third-order valence-corrected chi connectivity index (χ3v) is 3.80. The third kappa shape index (κ3) is 3.22. The standard InChI is InChI=1S/C13H24N4/c1-4-17-7-5-6-12(9-17)11(2)15-13-8-14-16(3)10-13/h8,10-12,15H,4-7,9H2,1-3H3. The number of piperidine rings is 1. The number of nitrogens with zero attached hydrogens (tertiary/aromatic N) is 3. The molecule has 1 fully saturated rings. The van der Waals surface area contributed by atoms with E-state index in [1.165, 1.54) is 32.5 Å². The van der Waals surface area contributed by atoms with Gasteiger partial charge in [0, 0.05) is 25.8 Å². The fourth-order valence-corrected chi connectivity index (χ4v) is 2.66. The molecular formula is C13H24N4. The average Bonchev–Trinajstić information content (AvgIpc) is 2.75. The zero-order chi connectivity index (χ0) is 12.3. The van der Waals surface area contributed by atoms with Gasteiger partial charge in [-0.25, -0.2) is 0 Å². The van der Waals surface area contributed by atoms with Crippen LogP contribution in [0.4, 0.5) is 5.69 Å². The van der Waals surface area contributed by atoms with E-state index < -0.39 is 0 Å². The molecule has 2 unspecified atom stereocenters. The van der Waals surface area contributed by atoms with Gasteiger partial charge in [0.15, 0.2) is 0 Å². The fourth-order valence-electron chi connectivity index (χ4n) is 2.66. The molecule has 96 valence electrons. The van der Waals surface area contributed by atoms with Crippen LogP contribution < -0.4 is 5.32 Å². The lowest BCUT2D eigenvalue weighted by Gasteiger charge is -2.35. The molecular weight excluding hydrogens is 212 g/mol. The van der Waals surface area contributed by atoms with Crippen LogP contribution in [0, 0.1) is 5.92 Å². The molecule has 4 nitrogen and oxygen atoms in total. The molecule has 0 spiro atoms. The van der Waals surface area contributed by atoms with Crippen molar-refractivity contribution in [3.05, 3.63) is 12.4 Å². The lowest BCUT2D eigenvalue weighted by Crippen LogP contribution is -2.41. The van der Waals surface area contributed by atoms with Crippen LogP contribution in [0.15, 0.2) is 12.4 Å². The van der Waals surface area contributed by atoms with Crippen LogP contribution in [0.5, 0.6) is 0 Å². The zero-order valence-corrected chi connectivity index (χ0v) is 11.2. The summed E-state index contributed by atoms with van der Waals surface area (Å²) in [5.74, 6) is 0.754. The SMILES string of the molecule is CCN1CCCC(C(C)Nc2cnn(C)c2)C1. The van der Waals surface area contributed by atoms with Crippen LogP contribution in [-0.2, 0) is 7.05 Å². The van der Waals surface area contributed by atoms with Gasteiger partial charge >= 0.3 is 0 Å². The van der Waals surface area contributed by atoms with Crippen molar-refractivity contribution < 1.29 is 0 Å². The second kappa shape index (κ2) is 5.54. The number of likely N-dealkylation sites (tertiary alicyclic amines) is 1. The van der Waals surface area contributed by atoms with Gasteiger partial charge in [0.1, 0.15) is 0 Å². The quantitative estimate of drug-likeness (QED) is 0.867. The largest absolute Gasteiger partial charge is 0.380 e.